The van der Waals surface area contributed by atoms with Crippen molar-refractivity contribution in [1.29, 1.82) is 0 Å². The molecule has 1 saturated heterocycles. The van der Waals surface area contributed by atoms with Gasteiger partial charge in [-0.1, -0.05) is 20.8 Å². The Morgan fingerprint density at radius 3 is 2.68 bits per heavy atom. The van der Waals surface area contributed by atoms with Gasteiger partial charge in [0.05, 0.1) is 6.54 Å². The number of hydrogen-bond donors (Lipinski definition) is 2. The summed E-state index contributed by atoms with van der Waals surface area (Å²) in [6.07, 6.45) is 3.53. The van der Waals surface area contributed by atoms with E-state index >= 15 is 0 Å². The van der Waals surface area contributed by atoms with Gasteiger partial charge in [0.15, 0.2) is 0 Å². The molecule has 112 valence electrons. The van der Waals surface area contributed by atoms with E-state index in [2.05, 4.69) is 43.2 Å². The number of carbonyl (C=O) groups is 1. The van der Waals surface area contributed by atoms with E-state index in [0.29, 0.717) is 18.5 Å². The number of carbonyl (C=O) groups excluding carboxylic acids is 1. The van der Waals surface area contributed by atoms with Crippen LogP contribution in [0.15, 0.2) is 0 Å². The summed E-state index contributed by atoms with van der Waals surface area (Å²) >= 11 is 0. The van der Waals surface area contributed by atoms with Gasteiger partial charge < -0.3 is 10.6 Å². The maximum absolute atomic E-state index is 12.1. The summed E-state index contributed by atoms with van der Waals surface area (Å²) < 4.78 is 0. The summed E-state index contributed by atoms with van der Waals surface area (Å²) in [4.78, 5) is 14.5. The molecule has 1 amide bonds. The first-order chi connectivity index (χ1) is 9.04. The molecule has 0 aliphatic carbocycles. The van der Waals surface area contributed by atoms with Crippen molar-refractivity contribution in [2.24, 2.45) is 5.92 Å². The minimum absolute atomic E-state index is 0.167. The molecule has 4 nitrogen and oxygen atoms in total. The Morgan fingerprint density at radius 2 is 2.16 bits per heavy atom. The van der Waals surface area contributed by atoms with E-state index in [9.17, 15) is 4.79 Å². The Balaban J connectivity index is 2.45. The zero-order chi connectivity index (χ0) is 14.3. The van der Waals surface area contributed by atoms with Gasteiger partial charge in [0.1, 0.15) is 0 Å². The molecule has 2 unspecified atom stereocenters. The molecule has 1 fully saturated rings. The van der Waals surface area contributed by atoms with Crippen molar-refractivity contribution in [2.45, 2.75) is 59.0 Å². The highest BCUT2D eigenvalue weighted by Gasteiger charge is 2.22. The van der Waals surface area contributed by atoms with E-state index in [1.165, 1.54) is 12.8 Å². The molecule has 0 radical (unpaired) electrons. The fourth-order valence-corrected chi connectivity index (χ4v) is 2.47. The SMILES string of the molecule is CCCN(CC(=O)NC(C)C(C)C)C1CCCNC1. The third-order valence-electron chi connectivity index (χ3n) is 4.03. The van der Waals surface area contributed by atoms with Crippen LogP contribution in [-0.4, -0.2) is 49.1 Å². The molecule has 0 aromatic rings. The van der Waals surface area contributed by atoms with Crippen LogP contribution < -0.4 is 10.6 Å². The van der Waals surface area contributed by atoms with Crippen molar-refractivity contribution >= 4 is 5.91 Å². The topological polar surface area (TPSA) is 44.4 Å². The third kappa shape index (κ3) is 5.91. The van der Waals surface area contributed by atoms with Gasteiger partial charge in [0.2, 0.25) is 5.91 Å². The second-order valence-corrected chi connectivity index (χ2v) is 6.07. The largest absolute Gasteiger partial charge is 0.352 e. The first-order valence-corrected chi connectivity index (χ1v) is 7.78. The molecule has 19 heavy (non-hydrogen) atoms. The fraction of sp³-hybridized carbons (Fsp3) is 0.933. The van der Waals surface area contributed by atoms with Gasteiger partial charge in [-0.2, -0.15) is 0 Å². The molecule has 2 N–H and O–H groups in total. The first-order valence-electron chi connectivity index (χ1n) is 7.78. The van der Waals surface area contributed by atoms with Gasteiger partial charge in [-0.25, -0.2) is 0 Å². The molecule has 0 bridgehead atoms. The monoisotopic (exact) mass is 269 g/mol. The van der Waals surface area contributed by atoms with Gasteiger partial charge in [-0.15, -0.1) is 0 Å². The van der Waals surface area contributed by atoms with E-state index in [1.807, 2.05) is 0 Å². The lowest BCUT2D eigenvalue weighted by Crippen LogP contribution is -2.51. The number of amides is 1. The molecule has 0 saturated carbocycles. The molecular formula is C15H31N3O. The number of hydrogen-bond acceptors (Lipinski definition) is 3. The van der Waals surface area contributed by atoms with Crippen LogP contribution in [0.1, 0.15) is 47.0 Å². The molecule has 0 spiro atoms. The Morgan fingerprint density at radius 1 is 1.42 bits per heavy atom. The number of rotatable bonds is 7. The molecule has 2 atom stereocenters. The average Bonchev–Trinajstić information content (AvgIpc) is 2.39. The normalized spacial score (nSPS) is 21.7. The van der Waals surface area contributed by atoms with Crippen molar-refractivity contribution in [1.82, 2.24) is 15.5 Å². The summed E-state index contributed by atoms with van der Waals surface area (Å²) in [5.41, 5.74) is 0. The Hall–Kier alpha value is -0.610. The van der Waals surface area contributed by atoms with Crippen LogP contribution in [0, 0.1) is 5.92 Å². The van der Waals surface area contributed by atoms with Crippen molar-refractivity contribution < 1.29 is 4.79 Å². The van der Waals surface area contributed by atoms with Gasteiger partial charge in [0.25, 0.3) is 0 Å². The summed E-state index contributed by atoms with van der Waals surface area (Å²) in [6.45, 7) is 12.2. The summed E-state index contributed by atoms with van der Waals surface area (Å²) in [5.74, 6) is 0.653. The third-order valence-corrected chi connectivity index (χ3v) is 4.03. The van der Waals surface area contributed by atoms with Crippen LogP contribution in [0.5, 0.6) is 0 Å². The van der Waals surface area contributed by atoms with Crippen LogP contribution in [0.2, 0.25) is 0 Å². The summed E-state index contributed by atoms with van der Waals surface area (Å²) in [5, 5.41) is 6.54. The highest BCUT2D eigenvalue weighted by Crippen LogP contribution is 2.11. The molecule has 0 aromatic heterocycles. The molecule has 4 heteroatoms. The number of piperidine rings is 1. The van der Waals surface area contributed by atoms with E-state index < -0.39 is 0 Å². The highest BCUT2D eigenvalue weighted by atomic mass is 16.2. The van der Waals surface area contributed by atoms with E-state index in [0.717, 1.165) is 26.1 Å². The van der Waals surface area contributed by atoms with Crippen LogP contribution in [0.3, 0.4) is 0 Å². The molecule has 1 heterocycles. The maximum atomic E-state index is 12.1. The van der Waals surface area contributed by atoms with Crippen molar-refractivity contribution in [2.75, 3.05) is 26.2 Å². The minimum Gasteiger partial charge on any atom is -0.352 e. The highest BCUT2D eigenvalue weighted by molar-refractivity contribution is 5.78. The quantitative estimate of drug-likeness (QED) is 0.738. The summed E-state index contributed by atoms with van der Waals surface area (Å²) in [6, 6.07) is 0.772. The van der Waals surface area contributed by atoms with E-state index in [4.69, 9.17) is 0 Å². The van der Waals surface area contributed by atoms with Crippen LogP contribution in [-0.2, 0) is 4.79 Å². The number of nitrogens with one attached hydrogen (secondary N) is 2. The average molecular weight is 269 g/mol. The lowest BCUT2D eigenvalue weighted by Gasteiger charge is -2.34. The molecule has 1 rings (SSSR count). The Labute approximate surface area is 118 Å². The lowest BCUT2D eigenvalue weighted by atomic mass is 10.0. The minimum atomic E-state index is 0.167. The van der Waals surface area contributed by atoms with E-state index in [1.54, 1.807) is 0 Å². The molecular weight excluding hydrogens is 238 g/mol. The van der Waals surface area contributed by atoms with Crippen LogP contribution in [0.4, 0.5) is 0 Å². The lowest BCUT2D eigenvalue weighted by molar-refractivity contribution is -0.123. The van der Waals surface area contributed by atoms with E-state index in [-0.39, 0.29) is 11.9 Å². The second-order valence-electron chi connectivity index (χ2n) is 6.07. The van der Waals surface area contributed by atoms with Crippen molar-refractivity contribution in [3.8, 4) is 0 Å². The maximum Gasteiger partial charge on any atom is 0.234 e. The fourth-order valence-electron chi connectivity index (χ4n) is 2.47. The molecule has 0 aromatic carbocycles. The van der Waals surface area contributed by atoms with Gasteiger partial charge in [0, 0.05) is 18.6 Å². The zero-order valence-corrected chi connectivity index (χ0v) is 13.0. The molecule has 1 aliphatic heterocycles. The predicted octanol–water partition coefficient (Wildman–Crippen LogP) is 1.61. The molecule has 1 aliphatic rings. The second kappa shape index (κ2) is 8.54. The van der Waals surface area contributed by atoms with Crippen LogP contribution in [0.25, 0.3) is 0 Å². The van der Waals surface area contributed by atoms with Crippen molar-refractivity contribution in [3.05, 3.63) is 0 Å². The summed E-state index contributed by atoms with van der Waals surface area (Å²) in [7, 11) is 0. The van der Waals surface area contributed by atoms with Crippen LogP contribution >= 0.6 is 0 Å². The standard InChI is InChI=1S/C15H31N3O/c1-5-9-18(14-7-6-8-16-10-14)11-15(19)17-13(4)12(2)3/h12-14,16H,5-11H2,1-4H3,(H,17,19). The van der Waals surface area contributed by atoms with Gasteiger partial charge in [-0.05, 0) is 45.2 Å². The number of nitrogens with zero attached hydrogens (tertiary/aromatic N) is 1. The van der Waals surface area contributed by atoms with Crippen molar-refractivity contribution in [3.63, 3.8) is 0 Å². The Bertz CT molecular complexity index is 262. The smallest absolute Gasteiger partial charge is 0.234 e. The first kappa shape index (κ1) is 16.4. The zero-order valence-electron chi connectivity index (χ0n) is 13.0. The van der Waals surface area contributed by atoms with Gasteiger partial charge in [-0.3, -0.25) is 9.69 Å². The predicted molar refractivity (Wildman–Crippen MR) is 80.2 cm³/mol. The van der Waals surface area contributed by atoms with Gasteiger partial charge >= 0.3 is 0 Å². The Kier molecular flexibility index (Phi) is 7.39.